The Morgan fingerprint density at radius 1 is 1.43 bits per heavy atom. The second kappa shape index (κ2) is 6.27. The number of amides is 1. The summed E-state index contributed by atoms with van der Waals surface area (Å²) in [4.78, 5) is 13.8. The maximum Gasteiger partial charge on any atom is 0.446 e. The van der Waals surface area contributed by atoms with Crippen molar-refractivity contribution in [3.8, 4) is 0 Å². The van der Waals surface area contributed by atoms with E-state index in [9.17, 15) is 23.1 Å². The Hall–Kier alpha value is -1.21. The highest BCUT2D eigenvalue weighted by atomic mass is 32.2. The van der Waals surface area contributed by atoms with Gasteiger partial charge in [0, 0.05) is 23.9 Å². The first-order valence-electron chi connectivity index (χ1n) is 6.60. The molecule has 2 rings (SSSR count). The molecule has 1 heterocycles. The van der Waals surface area contributed by atoms with Crippen LogP contribution in [0.4, 0.5) is 13.2 Å². The molecule has 1 saturated heterocycles. The van der Waals surface area contributed by atoms with Gasteiger partial charge in [0.1, 0.15) is 0 Å². The van der Waals surface area contributed by atoms with Crippen LogP contribution in [0.3, 0.4) is 0 Å². The second-order valence-corrected chi connectivity index (χ2v) is 6.19. The highest BCUT2D eigenvalue weighted by Crippen LogP contribution is 2.39. The molecule has 1 aliphatic rings. The number of aliphatic hydroxyl groups excluding tert-OH is 1. The lowest BCUT2D eigenvalue weighted by molar-refractivity contribution is -0.0328. The lowest BCUT2D eigenvalue weighted by atomic mass is 10.0. The molecule has 1 aliphatic heterocycles. The van der Waals surface area contributed by atoms with Crippen molar-refractivity contribution in [2.24, 2.45) is 5.92 Å². The van der Waals surface area contributed by atoms with Gasteiger partial charge in [-0.25, -0.2) is 0 Å². The average Bonchev–Trinajstić information content (AvgIpc) is 2.86. The van der Waals surface area contributed by atoms with Crippen molar-refractivity contribution in [2.45, 2.75) is 29.9 Å². The summed E-state index contributed by atoms with van der Waals surface area (Å²) in [6, 6.07) is 5.74. The van der Waals surface area contributed by atoms with E-state index in [-0.39, 0.29) is 28.1 Å². The Morgan fingerprint density at radius 2 is 2.10 bits per heavy atom. The number of alkyl halides is 3. The highest BCUT2D eigenvalue weighted by molar-refractivity contribution is 8.00. The Balaban J connectivity index is 2.17. The van der Waals surface area contributed by atoms with Crippen LogP contribution in [0.5, 0.6) is 0 Å². The molecule has 1 aromatic carbocycles. The lowest BCUT2D eigenvalue weighted by Gasteiger charge is -2.19. The fourth-order valence-corrected chi connectivity index (χ4v) is 3.05. The summed E-state index contributed by atoms with van der Waals surface area (Å²) < 4.78 is 37.6. The number of benzene rings is 1. The van der Waals surface area contributed by atoms with Gasteiger partial charge in [-0.1, -0.05) is 12.1 Å². The van der Waals surface area contributed by atoms with Crippen LogP contribution in [0.15, 0.2) is 29.2 Å². The van der Waals surface area contributed by atoms with E-state index >= 15 is 0 Å². The first-order valence-corrected chi connectivity index (χ1v) is 7.41. The van der Waals surface area contributed by atoms with Gasteiger partial charge in [0.2, 0.25) is 0 Å². The van der Waals surface area contributed by atoms with Gasteiger partial charge in [-0.15, -0.1) is 0 Å². The number of nitrogens with zero attached hydrogens (tertiary/aromatic N) is 1. The molecular weight excluding hydrogens is 303 g/mol. The number of likely N-dealkylation sites (tertiary alicyclic amines) is 1. The predicted octanol–water partition coefficient (Wildman–Crippen LogP) is 3.14. The van der Waals surface area contributed by atoms with Gasteiger partial charge in [0.05, 0.1) is 11.7 Å². The number of hydrogen-bond acceptors (Lipinski definition) is 3. The van der Waals surface area contributed by atoms with Gasteiger partial charge in [-0.2, -0.15) is 13.2 Å². The maximum absolute atomic E-state index is 12.5. The van der Waals surface area contributed by atoms with Gasteiger partial charge >= 0.3 is 5.51 Å². The van der Waals surface area contributed by atoms with E-state index in [1.54, 1.807) is 13.0 Å². The van der Waals surface area contributed by atoms with E-state index in [1.165, 1.54) is 23.1 Å². The third-order valence-corrected chi connectivity index (χ3v) is 4.34. The van der Waals surface area contributed by atoms with Crippen molar-refractivity contribution in [3.63, 3.8) is 0 Å². The molecule has 1 aromatic rings. The summed E-state index contributed by atoms with van der Waals surface area (Å²) in [6.07, 6.45) is 0.139. The van der Waals surface area contributed by atoms with Gasteiger partial charge in [-0.05, 0) is 37.2 Å². The number of aliphatic hydroxyl groups is 1. The smallest absolute Gasteiger partial charge is 0.393 e. The van der Waals surface area contributed by atoms with Crippen LogP contribution in [0.2, 0.25) is 0 Å². The Labute approximate surface area is 125 Å². The summed E-state index contributed by atoms with van der Waals surface area (Å²) in [7, 11) is 0. The first kappa shape index (κ1) is 16.2. The summed E-state index contributed by atoms with van der Waals surface area (Å²) in [5, 5.41) is 9.54. The first-order chi connectivity index (χ1) is 9.78. The predicted molar refractivity (Wildman–Crippen MR) is 74.0 cm³/mol. The zero-order valence-corrected chi connectivity index (χ0v) is 12.2. The molecule has 2 unspecified atom stereocenters. The average molecular weight is 319 g/mol. The SMILES string of the molecule is CC(O)C1CCN(C(=O)c2ccccc2SC(F)(F)F)C1. The number of rotatable bonds is 3. The van der Waals surface area contributed by atoms with Gasteiger partial charge in [0.15, 0.2) is 0 Å². The minimum absolute atomic E-state index is 0.0172. The fraction of sp³-hybridized carbons (Fsp3) is 0.500. The molecule has 0 spiro atoms. The van der Waals surface area contributed by atoms with Crippen molar-refractivity contribution in [2.75, 3.05) is 13.1 Å². The Kier molecular flexibility index (Phi) is 4.83. The van der Waals surface area contributed by atoms with Crippen molar-refractivity contribution in [1.29, 1.82) is 0 Å². The van der Waals surface area contributed by atoms with Crippen LogP contribution in [0, 0.1) is 5.92 Å². The molecule has 0 aromatic heterocycles. The van der Waals surface area contributed by atoms with Crippen LogP contribution in [0.1, 0.15) is 23.7 Å². The molecular formula is C14H16F3NO2S. The molecule has 3 nitrogen and oxygen atoms in total. The number of carbonyl (C=O) groups is 1. The summed E-state index contributed by atoms with van der Waals surface area (Å²) in [6.45, 7) is 2.49. The van der Waals surface area contributed by atoms with E-state index in [0.29, 0.717) is 19.5 Å². The normalized spacial score (nSPS) is 20.6. The molecule has 2 atom stereocenters. The minimum atomic E-state index is -4.43. The zero-order valence-electron chi connectivity index (χ0n) is 11.4. The monoisotopic (exact) mass is 319 g/mol. The molecule has 0 saturated carbocycles. The number of hydrogen-bond donors (Lipinski definition) is 1. The van der Waals surface area contributed by atoms with Crippen LogP contribution < -0.4 is 0 Å². The lowest BCUT2D eigenvalue weighted by Crippen LogP contribution is -2.30. The summed E-state index contributed by atoms with van der Waals surface area (Å²) >= 11 is -0.275. The molecule has 7 heteroatoms. The third-order valence-electron chi connectivity index (χ3n) is 3.54. The van der Waals surface area contributed by atoms with Gasteiger partial charge in [0.25, 0.3) is 5.91 Å². The molecule has 0 bridgehead atoms. The quantitative estimate of drug-likeness (QED) is 0.870. The molecule has 0 radical (unpaired) electrons. The van der Waals surface area contributed by atoms with E-state index in [2.05, 4.69) is 0 Å². The van der Waals surface area contributed by atoms with E-state index in [4.69, 9.17) is 0 Å². The number of carbonyl (C=O) groups excluding carboxylic acids is 1. The van der Waals surface area contributed by atoms with Gasteiger partial charge < -0.3 is 10.0 Å². The molecule has 1 amide bonds. The largest absolute Gasteiger partial charge is 0.446 e. The topological polar surface area (TPSA) is 40.5 Å². The van der Waals surface area contributed by atoms with Gasteiger partial charge in [-0.3, -0.25) is 4.79 Å². The maximum atomic E-state index is 12.5. The summed E-state index contributed by atoms with van der Waals surface area (Å²) in [5.74, 6) is -0.429. The highest BCUT2D eigenvalue weighted by Gasteiger charge is 2.34. The molecule has 116 valence electrons. The zero-order chi connectivity index (χ0) is 15.6. The minimum Gasteiger partial charge on any atom is -0.393 e. The Bertz CT molecular complexity index is 519. The van der Waals surface area contributed by atoms with E-state index in [1.807, 2.05) is 0 Å². The fourth-order valence-electron chi connectivity index (χ4n) is 2.39. The van der Waals surface area contributed by atoms with Crippen molar-refractivity contribution in [3.05, 3.63) is 29.8 Å². The van der Waals surface area contributed by atoms with Crippen molar-refractivity contribution >= 4 is 17.7 Å². The third kappa shape index (κ3) is 4.14. The van der Waals surface area contributed by atoms with E-state index < -0.39 is 17.5 Å². The van der Waals surface area contributed by atoms with Crippen LogP contribution in [0.25, 0.3) is 0 Å². The van der Waals surface area contributed by atoms with E-state index in [0.717, 1.165) is 0 Å². The second-order valence-electron chi connectivity index (χ2n) is 5.08. The number of halogens is 3. The standard InChI is InChI=1S/C14H16F3NO2S/c1-9(19)10-6-7-18(8-10)13(20)11-4-2-3-5-12(11)21-14(15,16)17/h2-5,9-10,19H,6-8H2,1H3. The molecule has 0 aliphatic carbocycles. The molecule has 1 N–H and O–H groups in total. The van der Waals surface area contributed by atoms with Crippen LogP contribution in [-0.2, 0) is 0 Å². The van der Waals surface area contributed by atoms with Crippen molar-refractivity contribution in [1.82, 2.24) is 4.90 Å². The number of thioether (sulfide) groups is 1. The molecule has 21 heavy (non-hydrogen) atoms. The van der Waals surface area contributed by atoms with Crippen LogP contribution >= 0.6 is 11.8 Å². The van der Waals surface area contributed by atoms with Crippen LogP contribution in [-0.4, -0.2) is 40.6 Å². The van der Waals surface area contributed by atoms with Crippen molar-refractivity contribution < 1.29 is 23.1 Å². The Morgan fingerprint density at radius 3 is 2.67 bits per heavy atom. The summed E-state index contributed by atoms with van der Waals surface area (Å²) in [5.41, 5.74) is -4.37. The molecule has 1 fully saturated rings.